The zero-order chi connectivity index (χ0) is 12.1. The molecule has 0 amide bonds. The maximum absolute atomic E-state index is 12.0. The van der Waals surface area contributed by atoms with Gasteiger partial charge in [0.05, 0.1) is 19.4 Å². The Morgan fingerprint density at radius 3 is 3.18 bits per heavy atom. The third-order valence-electron chi connectivity index (χ3n) is 2.88. The van der Waals surface area contributed by atoms with Crippen LogP contribution in [0.3, 0.4) is 0 Å². The largest absolute Gasteiger partial charge is 0.481 e. The molecule has 5 nitrogen and oxygen atoms in total. The monoisotopic (exact) mass is 236 g/mol. The topological polar surface area (TPSA) is 61.3 Å². The van der Waals surface area contributed by atoms with Crippen molar-refractivity contribution in [2.75, 3.05) is 20.3 Å². The summed E-state index contributed by atoms with van der Waals surface area (Å²) >= 11 is 0. The number of aromatic nitrogens is 2. The highest BCUT2D eigenvalue weighted by Gasteiger charge is 2.22. The molecule has 1 saturated heterocycles. The van der Waals surface area contributed by atoms with Crippen molar-refractivity contribution in [2.45, 2.75) is 19.3 Å². The average molecular weight is 236 g/mol. The predicted octanol–water partition coefficient (Wildman–Crippen LogP) is 1.02. The number of Topliss-reactive ketones (excluding diaryl/α,β-unsaturated/α-hetero) is 1. The molecule has 17 heavy (non-hydrogen) atoms. The molecule has 1 aromatic heterocycles. The van der Waals surface area contributed by atoms with E-state index in [1.807, 2.05) is 0 Å². The van der Waals surface area contributed by atoms with Gasteiger partial charge in [-0.05, 0) is 12.8 Å². The molecular weight excluding hydrogens is 220 g/mol. The third kappa shape index (κ3) is 3.23. The van der Waals surface area contributed by atoms with Crippen LogP contribution in [-0.4, -0.2) is 36.1 Å². The number of hydrogen-bond acceptors (Lipinski definition) is 5. The minimum absolute atomic E-state index is 0.0183. The van der Waals surface area contributed by atoms with Gasteiger partial charge in [-0.3, -0.25) is 4.79 Å². The minimum Gasteiger partial charge on any atom is -0.481 e. The number of ether oxygens (including phenoxy) is 2. The van der Waals surface area contributed by atoms with Gasteiger partial charge in [-0.1, -0.05) is 0 Å². The molecule has 2 rings (SSSR count). The Morgan fingerprint density at radius 2 is 2.47 bits per heavy atom. The van der Waals surface area contributed by atoms with Crippen molar-refractivity contribution >= 4 is 5.78 Å². The van der Waals surface area contributed by atoms with E-state index in [1.54, 1.807) is 13.2 Å². The van der Waals surface area contributed by atoms with Crippen LogP contribution < -0.4 is 4.74 Å². The quantitative estimate of drug-likeness (QED) is 0.781. The van der Waals surface area contributed by atoms with Crippen molar-refractivity contribution in [1.82, 2.24) is 9.97 Å². The summed E-state index contributed by atoms with van der Waals surface area (Å²) in [6, 6.07) is 1.70. The number of carbonyl (C=O) groups is 1. The van der Waals surface area contributed by atoms with Gasteiger partial charge < -0.3 is 9.47 Å². The van der Waals surface area contributed by atoms with Crippen molar-refractivity contribution in [2.24, 2.45) is 5.92 Å². The van der Waals surface area contributed by atoms with Crippen molar-refractivity contribution in [3.8, 4) is 5.88 Å². The average Bonchev–Trinajstić information content (AvgIpc) is 2.40. The van der Waals surface area contributed by atoms with Gasteiger partial charge in [0.1, 0.15) is 12.1 Å². The molecule has 1 aromatic rings. The Balaban J connectivity index is 1.96. The second-order valence-corrected chi connectivity index (χ2v) is 4.11. The van der Waals surface area contributed by atoms with Crippen LogP contribution in [0.4, 0.5) is 0 Å². The zero-order valence-corrected chi connectivity index (χ0v) is 9.89. The molecule has 0 bridgehead atoms. The molecule has 0 radical (unpaired) electrons. The fourth-order valence-electron chi connectivity index (χ4n) is 1.90. The molecule has 0 N–H and O–H groups in total. The molecule has 1 aliphatic heterocycles. The summed E-state index contributed by atoms with van der Waals surface area (Å²) in [6.45, 7) is 1.31. The standard InChI is InChI=1S/C12H16N2O3/c1-16-12-6-10(13-8-14-12)5-11(15)9-3-2-4-17-7-9/h6,8-9H,2-5,7H2,1H3. The molecule has 0 spiro atoms. The normalized spacial score (nSPS) is 19.9. The second kappa shape index (κ2) is 5.72. The van der Waals surface area contributed by atoms with E-state index >= 15 is 0 Å². The highest BCUT2D eigenvalue weighted by molar-refractivity contribution is 5.83. The van der Waals surface area contributed by atoms with Gasteiger partial charge in [-0.15, -0.1) is 0 Å². The molecule has 92 valence electrons. The van der Waals surface area contributed by atoms with E-state index in [9.17, 15) is 4.79 Å². The van der Waals surface area contributed by atoms with E-state index in [0.29, 0.717) is 24.6 Å². The SMILES string of the molecule is COc1cc(CC(=O)C2CCCOC2)ncn1. The van der Waals surface area contributed by atoms with Crippen molar-refractivity contribution in [3.05, 3.63) is 18.1 Å². The van der Waals surface area contributed by atoms with Crippen LogP contribution >= 0.6 is 0 Å². The molecule has 2 heterocycles. The van der Waals surface area contributed by atoms with E-state index < -0.39 is 0 Å². The summed E-state index contributed by atoms with van der Waals surface area (Å²) in [6.07, 6.45) is 3.62. The molecule has 0 aliphatic carbocycles. The van der Waals surface area contributed by atoms with Gasteiger partial charge in [-0.2, -0.15) is 0 Å². The number of hydrogen-bond donors (Lipinski definition) is 0. The number of ketones is 1. The molecule has 1 unspecified atom stereocenters. The summed E-state index contributed by atoms with van der Waals surface area (Å²) in [7, 11) is 1.54. The lowest BCUT2D eigenvalue weighted by Crippen LogP contribution is -2.26. The summed E-state index contributed by atoms with van der Waals surface area (Å²) in [5, 5.41) is 0. The first-order chi connectivity index (χ1) is 8.29. The summed E-state index contributed by atoms with van der Waals surface area (Å²) in [4.78, 5) is 20.0. The van der Waals surface area contributed by atoms with Crippen LogP contribution in [0.5, 0.6) is 5.88 Å². The lowest BCUT2D eigenvalue weighted by atomic mass is 9.94. The Morgan fingerprint density at radius 1 is 1.59 bits per heavy atom. The van der Waals surface area contributed by atoms with Gasteiger partial charge in [0.25, 0.3) is 0 Å². The summed E-state index contributed by atoms with van der Waals surface area (Å²) in [5.41, 5.74) is 0.701. The molecule has 1 fully saturated rings. The molecule has 1 atom stereocenters. The van der Waals surface area contributed by atoms with Crippen molar-refractivity contribution in [1.29, 1.82) is 0 Å². The fraction of sp³-hybridized carbons (Fsp3) is 0.583. The smallest absolute Gasteiger partial charge is 0.216 e. The van der Waals surface area contributed by atoms with Crippen molar-refractivity contribution in [3.63, 3.8) is 0 Å². The predicted molar refractivity (Wildman–Crippen MR) is 60.8 cm³/mol. The van der Waals surface area contributed by atoms with Gasteiger partial charge in [0.2, 0.25) is 5.88 Å². The highest BCUT2D eigenvalue weighted by Crippen LogP contribution is 2.17. The van der Waals surface area contributed by atoms with E-state index in [2.05, 4.69) is 9.97 Å². The molecule has 0 saturated carbocycles. The third-order valence-corrected chi connectivity index (χ3v) is 2.88. The van der Waals surface area contributed by atoms with Crippen LogP contribution in [0.1, 0.15) is 18.5 Å². The minimum atomic E-state index is 0.0183. The first-order valence-corrected chi connectivity index (χ1v) is 5.75. The Labute approximate surface area is 100 Å². The summed E-state index contributed by atoms with van der Waals surface area (Å²) in [5.74, 6) is 0.692. The Hall–Kier alpha value is -1.49. The lowest BCUT2D eigenvalue weighted by Gasteiger charge is -2.20. The Bertz CT molecular complexity index is 389. The highest BCUT2D eigenvalue weighted by atomic mass is 16.5. The number of methoxy groups -OCH3 is 1. The van der Waals surface area contributed by atoms with E-state index in [0.717, 1.165) is 19.4 Å². The summed E-state index contributed by atoms with van der Waals surface area (Å²) < 4.78 is 10.3. The van der Waals surface area contributed by atoms with Crippen LogP contribution in [0, 0.1) is 5.92 Å². The van der Waals surface area contributed by atoms with E-state index in [-0.39, 0.29) is 11.7 Å². The maximum Gasteiger partial charge on any atom is 0.216 e. The van der Waals surface area contributed by atoms with Gasteiger partial charge >= 0.3 is 0 Å². The van der Waals surface area contributed by atoms with Crippen LogP contribution in [0.25, 0.3) is 0 Å². The molecule has 5 heteroatoms. The first kappa shape index (κ1) is 12.0. The number of rotatable bonds is 4. The molecular formula is C12H16N2O3. The van der Waals surface area contributed by atoms with Gasteiger partial charge in [0.15, 0.2) is 0 Å². The van der Waals surface area contributed by atoms with Crippen LogP contribution in [0.15, 0.2) is 12.4 Å². The van der Waals surface area contributed by atoms with E-state index in [1.165, 1.54) is 6.33 Å². The lowest BCUT2D eigenvalue weighted by molar-refractivity contribution is -0.126. The second-order valence-electron chi connectivity index (χ2n) is 4.11. The zero-order valence-electron chi connectivity index (χ0n) is 9.89. The Kier molecular flexibility index (Phi) is 4.03. The molecule has 1 aliphatic rings. The van der Waals surface area contributed by atoms with Crippen LogP contribution in [0.2, 0.25) is 0 Å². The number of nitrogens with zero attached hydrogens (tertiary/aromatic N) is 2. The molecule has 0 aromatic carbocycles. The fourth-order valence-corrected chi connectivity index (χ4v) is 1.90. The number of carbonyl (C=O) groups excluding carboxylic acids is 1. The first-order valence-electron chi connectivity index (χ1n) is 5.75. The van der Waals surface area contributed by atoms with Crippen molar-refractivity contribution < 1.29 is 14.3 Å². The van der Waals surface area contributed by atoms with Crippen LogP contribution in [-0.2, 0) is 16.0 Å². The maximum atomic E-state index is 12.0. The van der Waals surface area contributed by atoms with E-state index in [4.69, 9.17) is 9.47 Å². The van der Waals surface area contributed by atoms with Gasteiger partial charge in [0, 0.05) is 25.0 Å². The van der Waals surface area contributed by atoms with Gasteiger partial charge in [-0.25, -0.2) is 9.97 Å².